The van der Waals surface area contributed by atoms with Gasteiger partial charge in [-0.05, 0) is 42.7 Å². The summed E-state index contributed by atoms with van der Waals surface area (Å²) in [4.78, 5) is 17.1. The number of nitrogens with one attached hydrogen (secondary N) is 1. The van der Waals surface area contributed by atoms with Gasteiger partial charge in [0, 0.05) is 50.7 Å². The van der Waals surface area contributed by atoms with Crippen LogP contribution in [0.4, 0.5) is 11.4 Å². The first-order valence-electron chi connectivity index (χ1n) is 10.3. The fraction of sp³-hybridized carbons (Fsp3) is 0.435. The van der Waals surface area contributed by atoms with Crippen LogP contribution in [0.5, 0.6) is 0 Å². The summed E-state index contributed by atoms with van der Waals surface area (Å²) in [5.41, 5.74) is 3.45. The Morgan fingerprint density at radius 3 is 2.43 bits per heavy atom. The van der Waals surface area contributed by atoms with E-state index in [4.69, 9.17) is 4.74 Å². The van der Waals surface area contributed by atoms with Gasteiger partial charge in [0.1, 0.15) is 0 Å². The Balaban J connectivity index is 1.24. The Morgan fingerprint density at radius 2 is 1.75 bits per heavy atom. The number of anilines is 2. The number of carbonyl (C=O) groups excluding carboxylic acids is 1. The molecule has 1 amide bonds. The van der Waals surface area contributed by atoms with E-state index in [2.05, 4.69) is 57.6 Å². The Kier molecular flexibility index (Phi) is 6.24. The molecule has 0 spiro atoms. The lowest BCUT2D eigenvalue weighted by atomic mass is 10.1. The molecule has 1 N–H and O–H groups in total. The second-order valence-corrected chi connectivity index (χ2v) is 7.68. The molecule has 1 atom stereocenters. The summed E-state index contributed by atoms with van der Waals surface area (Å²) in [6.07, 6.45) is 2.59. The number of hydrogen-bond donors (Lipinski definition) is 1. The molecule has 0 aromatic heterocycles. The highest BCUT2D eigenvalue weighted by Crippen LogP contribution is 2.21. The molecule has 2 aliphatic rings. The Labute approximate surface area is 167 Å². The smallest absolute Gasteiger partial charge is 0.226 e. The van der Waals surface area contributed by atoms with Crippen LogP contribution in [-0.2, 0) is 16.1 Å². The van der Waals surface area contributed by atoms with E-state index >= 15 is 0 Å². The molecule has 0 radical (unpaired) electrons. The summed E-state index contributed by atoms with van der Waals surface area (Å²) < 4.78 is 5.53. The van der Waals surface area contributed by atoms with Crippen LogP contribution in [0.2, 0.25) is 0 Å². The summed E-state index contributed by atoms with van der Waals surface area (Å²) in [7, 11) is 0. The van der Waals surface area contributed by atoms with Crippen LogP contribution in [0, 0.1) is 0 Å². The van der Waals surface area contributed by atoms with E-state index in [1.165, 1.54) is 11.3 Å². The number of amides is 1. The van der Waals surface area contributed by atoms with Gasteiger partial charge in [-0.2, -0.15) is 0 Å². The summed E-state index contributed by atoms with van der Waals surface area (Å²) in [6.45, 7) is 5.98. The first-order chi connectivity index (χ1) is 13.8. The van der Waals surface area contributed by atoms with Crippen LogP contribution in [-0.4, -0.2) is 49.7 Å². The minimum Gasteiger partial charge on any atom is -0.378 e. The number of piperazine rings is 1. The zero-order valence-corrected chi connectivity index (χ0v) is 16.3. The van der Waals surface area contributed by atoms with Gasteiger partial charge in [0.2, 0.25) is 5.91 Å². The third-order valence-corrected chi connectivity index (χ3v) is 5.57. The van der Waals surface area contributed by atoms with Crippen LogP contribution in [0.1, 0.15) is 24.8 Å². The maximum absolute atomic E-state index is 12.1. The van der Waals surface area contributed by atoms with Gasteiger partial charge in [0.15, 0.2) is 0 Å². The molecule has 148 valence electrons. The van der Waals surface area contributed by atoms with Crippen LogP contribution in [0.25, 0.3) is 0 Å². The van der Waals surface area contributed by atoms with Crippen molar-refractivity contribution in [2.24, 2.45) is 0 Å². The number of ether oxygens (including phenoxy) is 1. The van der Waals surface area contributed by atoms with Crippen molar-refractivity contribution in [2.45, 2.75) is 31.9 Å². The van der Waals surface area contributed by atoms with E-state index in [0.717, 1.165) is 57.9 Å². The number of rotatable bonds is 6. The van der Waals surface area contributed by atoms with Gasteiger partial charge in [-0.3, -0.25) is 9.69 Å². The topological polar surface area (TPSA) is 44.8 Å². The molecule has 5 nitrogen and oxygen atoms in total. The second-order valence-electron chi connectivity index (χ2n) is 7.68. The second kappa shape index (κ2) is 9.22. The molecule has 2 saturated heterocycles. The molecule has 28 heavy (non-hydrogen) atoms. The molecule has 2 fully saturated rings. The van der Waals surface area contributed by atoms with E-state index in [1.54, 1.807) is 0 Å². The third kappa shape index (κ3) is 5.12. The summed E-state index contributed by atoms with van der Waals surface area (Å²) in [6, 6.07) is 18.9. The van der Waals surface area contributed by atoms with E-state index in [1.807, 2.05) is 12.1 Å². The summed E-state index contributed by atoms with van der Waals surface area (Å²) >= 11 is 0. The Bertz CT molecular complexity index is 749. The van der Waals surface area contributed by atoms with Crippen molar-refractivity contribution >= 4 is 17.3 Å². The van der Waals surface area contributed by atoms with Crippen molar-refractivity contribution in [3.8, 4) is 0 Å². The summed E-state index contributed by atoms with van der Waals surface area (Å²) in [5.74, 6) is 0.0363. The summed E-state index contributed by atoms with van der Waals surface area (Å²) in [5, 5.41) is 2.99. The third-order valence-electron chi connectivity index (χ3n) is 5.57. The first kappa shape index (κ1) is 19.0. The predicted octanol–water partition coefficient (Wildman–Crippen LogP) is 3.52. The fourth-order valence-electron chi connectivity index (χ4n) is 3.99. The van der Waals surface area contributed by atoms with Gasteiger partial charge in [-0.1, -0.05) is 30.3 Å². The van der Waals surface area contributed by atoms with Crippen molar-refractivity contribution in [3.05, 3.63) is 60.2 Å². The lowest BCUT2D eigenvalue weighted by Gasteiger charge is -2.36. The van der Waals surface area contributed by atoms with Crippen LogP contribution in [0.15, 0.2) is 54.6 Å². The fourth-order valence-corrected chi connectivity index (χ4v) is 3.99. The van der Waals surface area contributed by atoms with Crippen LogP contribution < -0.4 is 10.2 Å². The van der Waals surface area contributed by atoms with Crippen LogP contribution >= 0.6 is 0 Å². The molecule has 4 rings (SSSR count). The minimum absolute atomic E-state index is 0.0363. The maximum atomic E-state index is 12.1. The zero-order valence-electron chi connectivity index (χ0n) is 16.3. The lowest BCUT2D eigenvalue weighted by molar-refractivity contribution is -0.118. The molecular weight excluding hydrogens is 350 g/mol. The molecule has 1 unspecified atom stereocenters. The molecule has 2 aromatic rings. The largest absolute Gasteiger partial charge is 0.378 e. The van der Waals surface area contributed by atoms with Crippen molar-refractivity contribution in [1.29, 1.82) is 0 Å². The van der Waals surface area contributed by atoms with E-state index in [0.29, 0.717) is 6.42 Å². The van der Waals surface area contributed by atoms with E-state index in [-0.39, 0.29) is 12.0 Å². The molecule has 2 aliphatic heterocycles. The molecular formula is C23H29N3O2. The normalized spacial score (nSPS) is 20.3. The van der Waals surface area contributed by atoms with Crippen molar-refractivity contribution in [2.75, 3.05) is 43.0 Å². The number of benzene rings is 2. The number of hydrogen-bond acceptors (Lipinski definition) is 4. The van der Waals surface area contributed by atoms with E-state index < -0.39 is 0 Å². The van der Waals surface area contributed by atoms with Gasteiger partial charge in [-0.25, -0.2) is 0 Å². The maximum Gasteiger partial charge on any atom is 0.226 e. The van der Waals surface area contributed by atoms with Crippen molar-refractivity contribution in [1.82, 2.24) is 4.90 Å². The van der Waals surface area contributed by atoms with Gasteiger partial charge in [0.25, 0.3) is 0 Å². The van der Waals surface area contributed by atoms with Crippen molar-refractivity contribution < 1.29 is 9.53 Å². The van der Waals surface area contributed by atoms with Gasteiger partial charge < -0.3 is 15.0 Å². The molecule has 2 heterocycles. The number of nitrogens with zero attached hydrogens (tertiary/aromatic N) is 2. The molecule has 0 aliphatic carbocycles. The molecule has 5 heteroatoms. The Hall–Kier alpha value is -2.37. The lowest BCUT2D eigenvalue weighted by Crippen LogP contribution is -2.45. The molecule has 0 saturated carbocycles. The monoisotopic (exact) mass is 379 g/mol. The zero-order chi connectivity index (χ0) is 19.2. The highest BCUT2D eigenvalue weighted by atomic mass is 16.5. The average Bonchev–Trinajstić information content (AvgIpc) is 3.23. The molecule has 2 aromatic carbocycles. The van der Waals surface area contributed by atoms with Gasteiger partial charge in [0.05, 0.1) is 12.5 Å². The standard InChI is InChI=1S/C23H29N3O2/c27-23(17-22-7-4-16-28-22)24-20-8-10-21(11-9-20)26-14-12-25(13-15-26)18-19-5-2-1-3-6-19/h1-3,5-6,8-11,22H,4,7,12-18H2,(H,24,27). The SMILES string of the molecule is O=C(CC1CCCO1)Nc1ccc(N2CCN(Cc3ccccc3)CC2)cc1. The highest BCUT2D eigenvalue weighted by molar-refractivity contribution is 5.91. The quantitative estimate of drug-likeness (QED) is 0.834. The number of carbonyl (C=O) groups is 1. The first-order valence-corrected chi connectivity index (χ1v) is 10.3. The Morgan fingerprint density at radius 1 is 1.00 bits per heavy atom. The van der Waals surface area contributed by atoms with Gasteiger partial charge >= 0.3 is 0 Å². The average molecular weight is 380 g/mol. The van der Waals surface area contributed by atoms with Gasteiger partial charge in [-0.15, -0.1) is 0 Å². The minimum atomic E-state index is 0.0363. The van der Waals surface area contributed by atoms with Crippen molar-refractivity contribution in [3.63, 3.8) is 0 Å². The van der Waals surface area contributed by atoms with Crippen LogP contribution in [0.3, 0.4) is 0 Å². The molecule has 0 bridgehead atoms. The highest BCUT2D eigenvalue weighted by Gasteiger charge is 2.20. The predicted molar refractivity (Wildman–Crippen MR) is 113 cm³/mol. The van der Waals surface area contributed by atoms with E-state index in [9.17, 15) is 4.79 Å².